The minimum absolute atomic E-state index is 0.0283. The molecule has 2 aliphatic carbocycles. The van der Waals surface area contributed by atoms with Crippen LogP contribution in [0.1, 0.15) is 51.9 Å². The van der Waals surface area contributed by atoms with Crippen molar-refractivity contribution < 1.29 is 27.8 Å². The Kier molecular flexibility index (Phi) is 8.98. The summed E-state index contributed by atoms with van der Waals surface area (Å²) in [6, 6.07) is 0. The molecule has 2 saturated carbocycles. The standard InChI is InChI=1S/C24H36F3N3O3S/c1-16(24(31,13-30-15-28-14-29-30)21-8-7-19(26)10-22(21)27)34-20-11-32-23(33-12-20)9-4-17-2-5-18(25)6-3-17/h4,9,14-23,31H,2-3,5-8,10-13H2,1H3/b9-4+. The molecule has 1 aromatic heterocycles. The van der Waals surface area contributed by atoms with Crippen LogP contribution < -0.4 is 0 Å². The average molecular weight is 504 g/mol. The van der Waals surface area contributed by atoms with Crippen LogP contribution in [0.25, 0.3) is 0 Å². The van der Waals surface area contributed by atoms with Crippen LogP contribution in [-0.4, -0.2) is 74.0 Å². The van der Waals surface area contributed by atoms with Gasteiger partial charge in [-0.1, -0.05) is 13.0 Å². The van der Waals surface area contributed by atoms with Crippen molar-refractivity contribution in [2.75, 3.05) is 13.2 Å². The number of ether oxygens (including phenoxy) is 2. The maximum Gasteiger partial charge on any atom is 0.176 e. The van der Waals surface area contributed by atoms with Gasteiger partial charge >= 0.3 is 0 Å². The number of aromatic nitrogens is 3. The second-order valence-electron chi connectivity index (χ2n) is 9.95. The molecule has 192 valence electrons. The van der Waals surface area contributed by atoms with E-state index in [-0.39, 0.29) is 36.3 Å². The maximum atomic E-state index is 14.9. The first-order chi connectivity index (χ1) is 16.3. The van der Waals surface area contributed by atoms with Crippen LogP contribution in [0, 0.1) is 11.8 Å². The molecule has 6 nitrogen and oxygen atoms in total. The molecule has 4 rings (SSSR count). The predicted octanol–water partition coefficient (Wildman–Crippen LogP) is 4.43. The number of hydrogen-bond donors (Lipinski definition) is 1. The van der Waals surface area contributed by atoms with Gasteiger partial charge in [0.1, 0.15) is 36.8 Å². The molecule has 0 aromatic carbocycles. The van der Waals surface area contributed by atoms with Gasteiger partial charge in [0.05, 0.1) is 25.0 Å². The lowest BCUT2D eigenvalue weighted by molar-refractivity contribution is -0.147. The Morgan fingerprint density at radius 1 is 1.09 bits per heavy atom. The van der Waals surface area contributed by atoms with Crippen molar-refractivity contribution in [3.05, 3.63) is 24.8 Å². The number of allylic oxidation sites excluding steroid dienone is 1. The van der Waals surface area contributed by atoms with E-state index in [4.69, 9.17) is 9.47 Å². The second kappa shape index (κ2) is 11.8. The van der Waals surface area contributed by atoms with E-state index in [1.165, 1.54) is 29.1 Å². The summed E-state index contributed by atoms with van der Waals surface area (Å²) in [4.78, 5) is 3.94. The van der Waals surface area contributed by atoms with Gasteiger partial charge in [0.15, 0.2) is 6.29 Å². The summed E-state index contributed by atoms with van der Waals surface area (Å²) >= 11 is 1.51. The van der Waals surface area contributed by atoms with Crippen molar-refractivity contribution in [2.24, 2.45) is 11.8 Å². The molecule has 1 saturated heterocycles. The van der Waals surface area contributed by atoms with E-state index in [0.717, 1.165) is 12.8 Å². The number of nitrogens with zero attached hydrogens (tertiary/aromatic N) is 3. The summed E-state index contributed by atoms with van der Waals surface area (Å²) < 4.78 is 55.3. The van der Waals surface area contributed by atoms with Crippen molar-refractivity contribution in [1.82, 2.24) is 14.8 Å². The Bertz CT molecular complexity index is 773. The van der Waals surface area contributed by atoms with Gasteiger partial charge < -0.3 is 14.6 Å². The zero-order chi connectivity index (χ0) is 24.1. The lowest BCUT2D eigenvalue weighted by Crippen LogP contribution is -2.55. The van der Waals surface area contributed by atoms with E-state index in [9.17, 15) is 18.3 Å². The average Bonchev–Trinajstić information content (AvgIpc) is 3.32. The Labute approximate surface area is 203 Å². The van der Waals surface area contributed by atoms with E-state index in [0.29, 0.717) is 32.0 Å². The molecule has 2 heterocycles. The molecule has 34 heavy (non-hydrogen) atoms. The van der Waals surface area contributed by atoms with E-state index >= 15 is 0 Å². The van der Waals surface area contributed by atoms with E-state index in [1.54, 1.807) is 0 Å². The molecule has 3 fully saturated rings. The monoisotopic (exact) mass is 503 g/mol. The summed E-state index contributed by atoms with van der Waals surface area (Å²) in [5.74, 6) is -0.321. The second-order valence-corrected chi connectivity index (χ2v) is 11.6. The molecule has 0 spiro atoms. The first kappa shape index (κ1) is 26.0. The maximum absolute atomic E-state index is 14.9. The van der Waals surface area contributed by atoms with Gasteiger partial charge in [0, 0.05) is 17.6 Å². The molecule has 10 heteroatoms. The van der Waals surface area contributed by atoms with Crippen molar-refractivity contribution in [3.8, 4) is 0 Å². The highest BCUT2D eigenvalue weighted by molar-refractivity contribution is 8.00. The number of rotatable bonds is 8. The quantitative estimate of drug-likeness (QED) is 0.530. The van der Waals surface area contributed by atoms with Gasteiger partial charge in [-0.2, -0.15) is 5.10 Å². The summed E-state index contributed by atoms with van der Waals surface area (Å²) in [5.41, 5.74) is -1.43. The molecule has 1 aromatic rings. The summed E-state index contributed by atoms with van der Waals surface area (Å²) in [7, 11) is 0. The minimum Gasteiger partial charge on any atom is -0.386 e. The summed E-state index contributed by atoms with van der Waals surface area (Å²) in [6.45, 7) is 2.85. The molecule has 0 radical (unpaired) electrons. The van der Waals surface area contributed by atoms with Crippen LogP contribution in [0.2, 0.25) is 0 Å². The van der Waals surface area contributed by atoms with Gasteiger partial charge in [-0.05, 0) is 50.5 Å². The lowest BCUT2D eigenvalue weighted by atomic mass is 9.73. The Balaban J connectivity index is 1.33. The van der Waals surface area contributed by atoms with Crippen molar-refractivity contribution in [3.63, 3.8) is 0 Å². The highest BCUT2D eigenvalue weighted by Crippen LogP contribution is 2.43. The van der Waals surface area contributed by atoms with Gasteiger partial charge in [-0.25, -0.2) is 18.2 Å². The largest absolute Gasteiger partial charge is 0.386 e. The molecule has 1 N–H and O–H groups in total. The topological polar surface area (TPSA) is 69.4 Å². The third-order valence-electron chi connectivity index (χ3n) is 7.47. The van der Waals surface area contributed by atoms with Crippen LogP contribution in [0.15, 0.2) is 24.8 Å². The fourth-order valence-corrected chi connectivity index (χ4v) is 6.74. The third-order valence-corrected chi connectivity index (χ3v) is 8.94. The Morgan fingerprint density at radius 2 is 1.79 bits per heavy atom. The molecule has 5 unspecified atom stereocenters. The Hall–Kier alpha value is -1.10. The first-order valence-corrected chi connectivity index (χ1v) is 13.3. The van der Waals surface area contributed by atoms with E-state index in [1.807, 2.05) is 13.0 Å². The summed E-state index contributed by atoms with van der Waals surface area (Å²) in [5, 5.41) is 15.5. The van der Waals surface area contributed by atoms with Crippen LogP contribution >= 0.6 is 11.8 Å². The first-order valence-electron chi connectivity index (χ1n) is 12.4. The SMILES string of the molecule is CC(SC1COC(/C=C/C2CCC(F)CC2)OC1)C(O)(Cn1cncn1)C1CCC(F)CC1F. The zero-order valence-corrected chi connectivity index (χ0v) is 20.5. The predicted molar refractivity (Wildman–Crippen MR) is 125 cm³/mol. The minimum atomic E-state index is -1.43. The van der Waals surface area contributed by atoms with Crippen molar-refractivity contribution in [1.29, 1.82) is 0 Å². The highest BCUT2D eigenvalue weighted by atomic mass is 32.2. The molecule has 3 aliphatic rings. The van der Waals surface area contributed by atoms with Crippen LogP contribution in [0.5, 0.6) is 0 Å². The number of alkyl halides is 3. The highest BCUT2D eigenvalue weighted by Gasteiger charge is 2.49. The normalized spacial score (nSPS) is 38.0. The van der Waals surface area contributed by atoms with Gasteiger partial charge in [-0.15, -0.1) is 11.8 Å². The number of aliphatic hydroxyl groups is 1. The zero-order valence-electron chi connectivity index (χ0n) is 19.6. The lowest BCUT2D eigenvalue weighted by Gasteiger charge is -2.45. The van der Waals surface area contributed by atoms with E-state index < -0.39 is 36.3 Å². The van der Waals surface area contributed by atoms with Crippen LogP contribution in [-0.2, 0) is 16.0 Å². The molecular formula is C24H36F3N3O3S. The van der Waals surface area contributed by atoms with Gasteiger partial charge in [0.2, 0.25) is 0 Å². The van der Waals surface area contributed by atoms with Gasteiger partial charge in [0.25, 0.3) is 0 Å². The summed E-state index contributed by atoms with van der Waals surface area (Å²) in [6.07, 6.45) is 6.47. The number of thioether (sulfide) groups is 1. The van der Waals surface area contributed by atoms with Crippen molar-refractivity contribution in [2.45, 2.75) is 99.3 Å². The smallest absolute Gasteiger partial charge is 0.176 e. The molecular weight excluding hydrogens is 467 g/mol. The molecule has 5 atom stereocenters. The third kappa shape index (κ3) is 6.56. The Morgan fingerprint density at radius 3 is 2.44 bits per heavy atom. The molecule has 0 amide bonds. The molecule has 0 bridgehead atoms. The fourth-order valence-electron chi connectivity index (χ4n) is 5.37. The van der Waals surface area contributed by atoms with Crippen LogP contribution in [0.4, 0.5) is 13.2 Å². The number of halogens is 3. The molecule has 1 aliphatic heterocycles. The van der Waals surface area contributed by atoms with Crippen molar-refractivity contribution >= 4 is 11.8 Å². The fraction of sp³-hybridized carbons (Fsp3) is 0.833. The van der Waals surface area contributed by atoms with Gasteiger partial charge in [-0.3, -0.25) is 4.68 Å². The van der Waals surface area contributed by atoms with Crippen LogP contribution in [0.3, 0.4) is 0 Å². The number of hydrogen-bond acceptors (Lipinski definition) is 6. The van der Waals surface area contributed by atoms with E-state index in [2.05, 4.69) is 16.2 Å².